The maximum atomic E-state index is 13.0. The minimum atomic E-state index is -0.488. The first kappa shape index (κ1) is 16.4. The lowest BCUT2D eigenvalue weighted by atomic mass is 9.66. The third-order valence-electron chi connectivity index (χ3n) is 6.84. The van der Waals surface area contributed by atoms with Crippen LogP contribution in [0, 0.1) is 0 Å². The Kier molecular flexibility index (Phi) is 3.68. The van der Waals surface area contributed by atoms with Crippen LogP contribution in [-0.4, -0.2) is 38.6 Å². The summed E-state index contributed by atoms with van der Waals surface area (Å²) in [6.45, 7) is 2.13. The summed E-state index contributed by atoms with van der Waals surface area (Å²) in [7, 11) is 0. The predicted octanol–water partition coefficient (Wildman–Crippen LogP) is 3.88. The second-order valence-corrected chi connectivity index (χ2v) is 8.71. The number of nitrogens with one attached hydrogen (secondary N) is 1. The Morgan fingerprint density at radius 2 is 2.12 bits per heavy atom. The molecule has 1 unspecified atom stereocenters. The summed E-state index contributed by atoms with van der Waals surface area (Å²) < 4.78 is 0. The summed E-state index contributed by atoms with van der Waals surface area (Å²) in [4.78, 5) is 18.5. The molecule has 2 aliphatic heterocycles. The molecule has 2 N–H and O–H groups in total. The predicted molar refractivity (Wildman–Crippen MR) is 102 cm³/mol. The fourth-order valence-corrected chi connectivity index (χ4v) is 5.35. The molecule has 138 valence electrons. The fourth-order valence-electron chi connectivity index (χ4n) is 5.35. The second-order valence-electron chi connectivity index (χ2n) is 8.71. The van der Waals surface area contributed by atoms with Gasteiger partial charge in [-0.3, -0.25) is 4.79 Å². The molecule has 1 aromatic heterocycles. The van der Waals surface area contributed by atoms with E-state index in [1.54, 1.807) is 0 Å². The van der Waals surface area contributed by atoms with Crippen molar-refractivity contribution in [3.05, 3.63) is 35.5 Å². The third kappa shape index (κ3) is 2.58. The second kappa shape index (κ2) is 5.85. The summed E-state index contributed by atoms with van der Waals surface area (Å²) >= 11 is 0. The first-order valence-electron chi connectivity index (χ1n) is 10.2. The average Bonchev–Trinajstić information content (AvgIpc) is 3.38. The number of nitrogens with zero attached hydrogens (tertiary/aromatic N) is 1. The van der Waals surface area contributed by atoms with Crippen molar-refractivity contribution < 1.29 is 9.90 Å². The summed E-state index contributed by atoms with van der Waals surface area (Å²) in [6, 6.07) is 7.01. The van der Waals surface area contributed by atoms with E-state index in [0.29, 0.717) is 12.3 Å². The molecule has 2 bridgehead atoms. The van der Waals surface area contributed by atoms with Crippen LogP contribution in [0.5, 0.6) is 0 Å². The number of hydrogen-bond acceptors (Lipinski definition) is 2. The molecule has 2 saturated heterocycles. The zero-order valence-corrected chi connectivity index (χ0v) is 15.5. The van der Waals surface area contributed by atoms with Gasteiger partial charge in [0.1, 0.15) is 0 Å². The van der Waals surface area contributed by atoms with Crippen molar-refractivity contribution >= 4 is 16.8 Å². The van der Waals surface area contributed by atoms with Crippen LogP contribution in [0.2, 0.25) is 0 Å². The number of rotatable bonds is 5. The lowest BCUT2D eigenvalue weighted by Crippen LogP contribution is -2.67. The highest BCUT2D eigenvalue weighted by Gasteiger charge is 2.54. The van der Waals surface area contributed by atoms with Gasteiger partial charge in [-0.2, -0.15) is 0 Å². The molecule has 4 heteroatoms. The van der Waals surface area contributed by atoms with Crippen LogP contribution >= 0.6 is 0 Å². The van der Waals surface area contributed by atoms with Crippen molar-refractivity contribution in [2.75, 3.05) is 0 Å². The standard InChI is InChI=1S/C22H28N2O2/c1-2-16-10-22(26)11-17(12-22)24(16)20(25)9-8-15-13-23-19-5-3-4-18(21(15)19)14-6-7-14/h3-5,13-14,16-17,23,26H,2,6-12H2,1H3. The van der Waals surface area contributed by atoms with Crippen LogP contribution in [0.1, 0.15) is 68.9 Å². The van der Waals surface area contributed by atoms with Crippen molar-refractivity contribution in [2.24, 2.45) is 0 Å². The maximum absolute atomic E-state index is 13.0. The minimum absolute atomic E-state index is 0.213. The van der Waals surface area contributed by atoms with E-state index in [1.807, 2.05) is 0 Å². The molecule has 2 aliphatic carbocycles. The molecule has 0 spiro atoms. The van der Waals surface area contributed by atoms with E-state index >= 15 is 0 Å². The summed E-state index contributed by atoms with van der Waals surface area (Å²) in [5, 5.41) is 11.7. The molecule has 6 rings (SSSR count). The first-order chi connectivity index (χ1) is 12.6. The van der Waals surface area contributed by atoms with Crippen molar-refractivity contribution in [2.45, 2.75) is 81.9 Å². The van der Waals surface area contributed by atoms with E-state index in [2.05, 4.69) is 41.2 Å². The summed E-state index contributed by atoms with van der Waals surface area (Å²) in [5.74, 6) is 0.977. The van der Waals surface area contributed by atoms with Crippen LogP contribution < -0.4 is 0 Å². The average molecular weight is 352 g/mol. The Morgan fingerprint density at radius 3 is 2.85 bits per heavy atom. The summed E-state index contributed by atoms with van der Waals surface area (Å²) in [5.41, 5.74) is 3.45. The quantitative estimate of drug-likeness (QED) is 0.858. The molecular weight excluding hydrogens is 324 g/mol. The van der Waals surface area contributed by atoms with Gasteiger partial charge in [-0.05, 0) is 68.1 Å². The van der Waals surface area contributed by atoms with Crippen LogP contribution in [0.4, 0.5) is 0 Å². The molecule has 4 aliphatic rings. The molecule has 3 heterocycles. The molecule has 26 heavy (non-hydrogen) atoms. The van der Waals surface area contributed by atoms with Crippen molar-refractivity contribution in [3.8, 4) is 0 Å². The first-order valence-corrected chi connectivity index (χ1v) is 10.2. The number of piperidine rings is 2. The molecule has 2 aromatic rings. The number of aromatic amines is 1. The molecule has 4 nitrogen and oxygen atoms in total. The van der Waals surface area contributed by atoms with Crippen LogP contribution in [0.25, 0.3) is 10.9 Å². The number of hydrogen-bond donors (Lipinski definition) is 2. The van der Waals surface area contributed by atoms with Crippen LogP contribution in [0.3, 0.4) is 0 Å². The van der Waals surface area contributed by atoms with E-state index in [1.165, 1.54) is 34.9 Å². The van der Waals surface area contributed by atoms with Gasteiger partial charge in [0, 0.05) is 35.6 Å². The lowest BCUT2D eigenvalue weighted by Gasteiger charge is -2.58. The molecule has 1 aromatic carbocycles. The highest BCUT2D eigenvalue weighted by atomic mass is 16.3. The van der Waals surface area contributed by atoms with E-state index in [9.17, 15) is 9.90 Å². The van der Waals surface area contributed by atoms with Gasteiger partial charge in [0.15, 0.2) is 0 Å². The number of aliphatic hydroxyl groups is 1. The SMILES string of the molecule is CCC1CC2(O)CC(C2)N1C(=O)CCc1c[nH]c2cccc(C3CC3)c12. The smallest absolute Gasteiger partial charge is 0.223 e. The van der Waals surface area contributed by atoms with E-state index < -0.39 is 5.60 Å². The maximum Gasteiger partial charge on any atom is 0.223 e. The van der Waals surface area contributed by atoms with Crippen molar-refractivity contribution in [1.29, 1.82) is 0 Å². The minimum Gasteiger partial charge on any atom is -0.390 e. The van der Waals surface area contributed by atoms with Gasteiger partial charge < -0.3 is 15.0 Å². The Labute approximate surface area is 154 Å². The van der Waals surface area contributed by atoms with E-state index in [-0.39, 0.29) is 18.0 Å². The van der Waals surface area contributed by atoms with Crippen molar-refractivity contribution in [3.63, 3.8) is 0 Å². The number of amides is 1. The number of carbonyl (C=O) groups excluding carboxylic acids is 1. The topological polar surface area (TPSA) is 56.3 Å². The number of H-pyrrole nitrogens is 1. The number of aromatic nitrogens is 1. The van der Waals surface area contributed by atoms with Gasteiger partial charge in [0.25, 0.3) is 0 Å². The zero-order valence-electron chi connectivity index (χ0n) is 15.5. The third-order valence-corrected chi connectivity index (χ3v) is 6.84. The Morgan fingerprint density at radius 1 is 1.31 bits per heavy atom. The molecular formula is C22H28N2O2. The van der Waals surface area contributed by atoms with Gasteiger partial charge in [-0.1, -0.05) is 19.1 Å². The molecule has 0 radical (unpaired) electrons. The highest BCUT2D eigenvalue weighted by molar-refractivity contribution is 5.88. The number of fused-ring (bicyclic) bond motifs is 3. The lowest BCUT2D eigenvalue weighted by molar-refractivity contribution is -0.178. The number of aryl methyl sites for hydroxylation is 1. The normalized spacial score (nSPS) is 30.5. The Balaban J connectivity index is 1.33. The monoisotopic (exact) mass is 352 g/mol. The van der Waals surface area contributed by atoms with Gasteiger partial charge in [-0.25, -0.2) is 0 Å². The van der Waals surface area contributed by atoms with Crippen LogP contribution in [0.15, 0.2) is 24.4 Å². The van der Waals surface area contributed by atoms with Gasteiger partial charge in [-0.15, -0.1) is 0 Å². The van der Waals surface area contributed by atoms with Crippen molar-refractivity contribution in [1.82, 2.24) is 9.88 Å². The van der Waals surface area contributed by atoms with E-state index in [0.717, 1.165) is 32.1 Å². The molecule has 2 saturated carbocycles. The van der Waals surface area contributed by atoms with Crippen LogP contribution in [-0.2, 0) is 11.2 Å². The zero-order chi connectivity index (χ0) is 17.9. The molecule has 1 atom stereocenters. The molecule has 1 amide bonds. The number of carbonyl (C=O) groups is 1. The fraction of sp³-hybridized carbons (Fsp3) is 0.591. The molecule has 4 fully saturated rings. The van der Waals surface area contributed by atoms with E-state index in [4.69, 9.17) is 0 Å². The largest absolute Gasteiger partial charge is 0.390 e. The Bertz CT molecular complexity index is 845. The number of benzene rings is 1. The van der Waals surface area contributed by atoms with Gasteiger partial charge in [0.2, 0.25) is 5.91 Å². The summed E-state index contributed by atoms with van der Waals surface area (Å²) in [6.07, 6.45) is 9.28. The van der Waals surface area contributed by atoms with Gasteiger partial charge >= 0.3 is 0 Å². The Hall–Kier alpha value is -1.81. The van der Waals surface area contributed by atoms with Gasteiger partial charge in [0.05, 0.1) is 5.60 Å². The highest BCUT2D eigenvalue weighted by Crippen LogP contribution is 2.47.